The van der Waals surface area contributed by atoms with Crippen molar-refractivity contribution in [2.24, 2.45) is 0 Å². The summed E-state index contributed by atoms with van der Waals surface area (Å²) in [7, 11) is 0. The Hall–Kier alpha value is -1.79. The maximum absolute atomic E-state index is 11.7. The molecule has 1 aliphatic heterocycles. The molecule has 2 heterocycles. The van der Waals surface area contributed by atoms with Crippen LogP contribution in [0, 0.1) is 0 Å². The van der Waals surface area contributed by atoms with Gasteiger partial charge in [0.2, 0.25) is 6.79 Å². The molecule has 0 spiro atoms. The van der Waals surface area contributed by atoms with Gasteiger partial charge in [0.25, 0.3) is 0 Å². The molecule has 0 unspecified atom stereocenters. The van der Waals surface area contributed by atoms with Crippen molar-refractivity contribution < 1.29 is 19.0 Å². The molecule has 1 aliphatic rings. The SMILES string of the molecule is O=C(/C=C/c1ccc(Br)s1)Oc1ccc2c(c1)OCO2. The largest absolute Gasteiger partial charge is 0.454 e. The first kappa shape index (κ1) is 13.2. The van der Waals surface area contributed by atoms with Crippen molar-refractivity contribution in [1.29, 1.82) is 0 Å². The summed E-state index contributed by atoms with van der Waals surface area (Å²) in [5, 5.41) is 0. The third-order valence-electron chi connectivity index (χ3n) is 2.54. The first-order valence-electron chi connectivity index (χ1n) is 5.75. The normalized spacial score (nSPS) is 12.8. The van der Waals surface area contributed by atoms with Gasteiger partial charge < -0.3 is 14.2 Å². The van der Waals surface area contributed by atoms with Crippen molar-refractivity contribution in [1.82, 2.24) is 0 Å². The van der Waals surface area contributed by atoms with Crippen LogP contribution < -0.4 is 14.2 Å². The van der Waals surface area contributed by atoms with Gasteiger partial charge in [0.1, 0.15) is 5.75 Å². The molecule has 1 aromatic heterocycles. The summed E-state index contributed by atoms with van der Waals surface area (Å²) >= 11 is 4.90. The molecule has 0 saturated carbocycles. The maximum atomic E-state index is 11.7. The fourth-order valence-electron chi connectivity index (χ4n) is 1.66. The monoisotopic (exact) mass is 352 g/mol. The van der Waals surface area contributed by atoms with E-state index in [4.69, 9.17) is 14.2 Å². The van der Waals surface area contributed by atoms with Crippen LogP contribution >= 0.6 is 27.3 Å². The molecule has 0 radical (unpaired) electrons. The van der Waals surface area contributed by atoms with Crippen molar-refractivity contribution in [3.8, 4) is 17.2 Å². The average molecular weight is 353 g/mol. The van der Waals surface area contributed by atoms with Crippen molar-refractivity contribution in [3.05, 3.63) is 45.1 Å². The van der Waals surface area contributed by atoms with Crippen LogP contribution in [0.4, 0.5) is 0 Å². The van der Waals surface area contributed by atoms with E-state index in [9.17, 15) is 4.79 Å². The molecular weight excluding hydrogens is 344 g/mol. The third kappa shape index (κ3) is 3.02. The number of rotatable bonds is 3. The highest BCUT2D eigenvalue weighted by Gasteiger charge is 2.14. The predicted molar refractivity (Wildman–Crippen MR) is 79.3 cm³/mol. The number of halogens is 1. The minimum atomic E-state index is -0.437. The number of fused-ring (bicyclic) bond motifs is 1. The number of hydrogen-bond acceptors (Lipinski definition) is 5. The third-order valence-corrected chi connectivity index (χ3v) is 4.13. The zero-order valence-electron chi connectivity index (χ0n) is 10.2. The Labute approximate surface area is 127 Å². The number of benzene rings is 1. The molecule has 0 aliphatic carbocycles. The van der Waals surface area contributed by atoms with Crippen molar-refractivity contribution in [3.63, 3.8) is 0 Å². The minimum absolute atomic E-state index is 0.194. The van der Waals surface area contributed by atoms with Crippen molar-refractivity contribution in [2.75, 3.05) is 6.79 Å². The van der Waals surface area contributed by atoms with Crippen LogP contribution in [0.3, 0.4) is 0 Å². The van der Waals surface area contributed by atoms with Gasteiger partial charge in [-0.1, -0.05) is 0 Å². The summed E-state index contributed by atoms with van der Waals surface area (Å²) in [5.74, 6) is 1.23. The van der Waals surface area contributed by atoms with Crippen LogP contribution in [0.25, 0.3) is 6.08 Å². The second kappa shape index (κ2) is 5.68. The molecule has 4 nitrogen and oxygen atoms in total. The van der Waals surface area contributed by atoms with E-state index in [1.54, 1.807) is 24.3 Å². The summed E-state index contributed by atoms with van der Waals surface area (Å²) in [5.41, 5.74) is 0. The molecule has 20 heavy (non-hydrogen) atoms. The van der Waals surface area contributed by atoms with Crippen LogP contribution in [-0.4, -0.2) is 12.8 Å². The highest BCUT2D eigenvalue weighted by Crippen LogP contribution is 2.35. The zero-order chi connectivity index (χ0) is 13.9. The van der Waals surface area contributed by atoms with Crippen molar-refractivity contribution >= 4 is 39.3 Å². The summed E-state index contributed by atoms with van der Waals surface area (Å²) in [6.07, 6.45) is 3.10. The van der Waals surface area contributed by atoms with Gasteiger partial charge in [0, 0.05) is 17.0 Å². The number of carbonyl (C=O) groups excluding carboxylic acids is 1. The lowest BCUT2D eigenvalue weighted by atomic mass is 10.3. The van der Waals surface area contributed by atoms with Gasteiger partial charge in [-0.15, -0.1) is 11.3 Å². The van der Waals surface area contributed by atoms with Gasteiger partial charge in [-0.3, -0.25) is 0 Å². The van der Waals surface area contributed by atoms with E-state index >= 15 is 0 Å². The first-order valence-corrected chi connectivity index (χ1v) is 7.36. The van der Waals surface area contributed by atoms with E-state index in [2.05, 4.69) is 15.9 Å². The van der Waals surface area contributed by atoms with Crippen LogP contribution in [0.15, 0.2) is 40.2 Å². The van der Waals surface area contributed by atoms with Gasteiger partial charge in [-0.25, -0.2) is 4.79 Å². The Balaban J connectivity index is 1.65. The molecule has 0 fully saturated rings. The second-order valence-electron chi connectivity index (χ2n) is 3.91. The zero-order valence-corrected chi connectivity index (χ0v) is 12.6. The van der Waals surface area contributed by atoms with E-state index in [0.29, 0.717) is 17.2 Å². The number of esters is 1. The molecule has 0 atom stereocenters. The van der Waals surface area contributed by atoms with Gasteiger partial charge in [-0.2, -0.15) is 0 Å². The molecule has 0 N–H and O–H groups in total. The Kier molecular flexibility index (Phi) is 3.75. The Morgan fingerprint density at radius 3 is 2.90 bits per heavy atom. The molecule has 0 amide bonds. The van der Waals surface area contributed by atoms with Gasteiger partial charge in [-0.05, 0) is 46.3 Å². The van der Waals surface area contributed by atoms with Gasteiger partial charge in [0.05, 0.1) is 3.79 Å². The highest BCUT2D eigenvalue weighted by atomic mass is 79.9. The summed E-state index contributed by atoms with van der Waals surface area (Å²) in [6.45, 7) is 0.194. The quantitative estimate of drug-likeness (QED) is 0.478. The summed E-state index contributed by atoms with van der Waals surface area (Å²) in [6, 6.07) is 8.86. The fourth-order valence-corrected chi connectivity index (χ4v) is 2.98. The fraction of sp³-hybridized carbons (Fsp3) is 0.0714. The Morgan fingerprint density at radius 2 is 2.10 bits per heavy atom. The van der Waals surface area contributed by atoms with Gasteiger partial charge >= 0.3 is 5.97 Å². The van der Waals surface area contributed by atoms with E-state index in [1.807, 2.05) is 12.1 Å². The molecule has 0 saturated heterocycles. The summed E-state index contributed by atoms with van der Waals surface area (Å²) < 4.78 is 16.6. The molecule has 102 valence electrons. The highest BCUT2D eigenvalue weighted by molar-refractivity contribution is 9.11. The van der Waals surface area contributed by atoms with Crippen molar-refractivity contribution in [2.45, 2.75) is 0 Å². The van der Waals surface area contributed by atoms with Crippen LogP contribution in [0.2, 0.25) is 0 Å². The lowest BCUT2D eigenvalue weighted by Crippen LogP contribution is -2.03. The van der Waals surface area contributed by atoms with Gasteiger partial charge in [0.15, 0.2) is 11.5 Å². The van der Waals surface area contributed by atoms with Crippen LogP contribution in [-0.2, 0) is 4.79 Å². The first-order chi connectivity index (χ1) is 9.70. The van der Waals surface area contributed by atoms with E-state index < -0.39 is 5.97 Å². The topological polar surface area (TPSA) is 44.8 Å². The second-order valence-corrected chi connectivity index (χ2v) is 6.41. The molecule has 2 aromatic rings. The number of thiophene rings is 1. The molecule has 3 rings (SSSR count). The minimum Gasteiger partial charge on any atom is -0.454 e. The Morgan fingerprint density at radius 1 is 1.25 bits per heavy atom. The molecule has 0 bridgehead atoms. The standard InChI is InChI=1S/C14H9BrO4S/c15-13-5-2-10(20-13)3-6-14(16)19-9-1-4-11-12(7-9)18-8-17-11/h1-7H,8H2/b6-3+. The molecule has 6 heteroatoms. The van der Waals surface area contributed by atoms with E-state index in [0.717, 1.165) is 8.66 Å². The smallest absolute Gasteiger partial charge is 0.336 e. The maximum Gasteiger partial charge on any atom is 0.336 e. The van der Waals surface area contributed by atoms with E-state index in [1.165, 1.54) is 17.4 Å². The summed E-state index contributed by atoms with van der Waals surface area (Å²) in [4.78, 5) is 12.7. The van der Waals surface area contributed by atoms with Crippen LogP contribution in [0.5, 0.6) is 17.2 Å². The number of hydrogen-bond donors (Lipinski definition) is 0. The lowest BCUT2D eigenvalue weighted by Gasteiger charge is -2.02. The van der Waals surface area contributed by atoms with Crippen LogP contribution in [0.1, 0.15) is 4.88 Å². The average Bonchev–Trinajstić information content (AvgIpc) is 3.04. The van der Waals surface area contributed by atoms with E-state index in [-0.39, 0.29) is 6.79 Å². The molecule has 1 aromatic carbocycles. The molecular formula is C14H9BrO4S. The Bertz CT molecular complexity index is 678. The predicted octanol–water partition coefficient (Wildman–Crippen LogP) is 3.86. The number of carbonyl (C=O) groups is 1. The number of ether oxygens (including phenoxy) is 3. The lowest BCUT2D eigenvalue weighted by molar-refractivity contribution is -0.128.